The highest BCUT2D eigenvalue weighted by molar-refractivity contribution is 6.42. The van der Waals surface area contributed by atoms with Gasteiger partial charge >= 0.3 is 0 Å². The Bertz CT molecular complexity index is 461. The third-order valence-electron chi connectivity index (χ3n) is 3.39. The van der Waals surface area contributed by atoms with Crippen molar-refractivity contribution in [1.82, 2.24) is 9.80 Å². The molecule has 0 aliphatic rings. The van der Waals surface area contributed by atoms with Gasteiger partial charge < -0.3 is 5.32 Å². The smallest absolute Gasteiger partial charge is 0.219 e. The van der Waals surface area contributed by atoms with Crippen LogP contribution in [0.2, 0.25) is 10.0 Å². The first-order chi connectivity index (χ1) is 9.36. The molecule has 0 bridgehead atoms. The highest BCUT2D eigenvalue weighted by atomic mass is 35.5. The summed E-state index contributed by atoms with van der Waals surface area (Å²) in [4.78, 5) is 11.1. The molecule has 112 valence electrons. The van der Waals surface area contributed by atoms with Crippen molar-refractivity contribution in [3.63, 3.8) is 0 Å². The number of rotatable bonds is 7. The summed E-state index contributed by atoms with van der Waals surface area (Å²) >= 11 is 12.0. The van der Waals surface area contributed by atoms with E-state index in [4.69, 9.17) is 23.2 Å². The summed E-state index contributed by atoms with van der Waals surface area (Å²) < 4.78 is 0.749. The second kappa shape index (κ2) is 7.87. The predicted octanol–water partition coefficient (Wildman–Crippen LogP) is 3.87. The van der Waals surface area contributed by atoms with Crippen LogP contribution in [0.1, 0.15) is 26.2 Å². The first kappa shape index (κ1) is 17.3. The highest BCUT2D eigenvalue weighted by Gasteiger charge is 2.19. The molecule has 0 aliphatic heterocycles. The fourth-order valence-corrected chi connectivity index (χ4v) is 2.27. The minimum atomic E-state index is 0.114. The van der Waals surface area contributed by atoms with Crippen molar-refractivity contribution in [2.45, 2.75) is 26.2 Å². The van der Waals surface area contributed by atoms with Gasteiger partial charge in [0.2, 0.25) is 5.91 Å². The molecule has 0 radical (unpaired) electrons. The summed E-state index contributed by atoms with van der Waals surface area (Å²) in [5, 5.41) is 4.06. The summed E-state index contributed by atoms with van der Waals surface area (Å²) in [5.74, 6) is 0.114. The van der Waals surface area contributed by atoms with Gasteiger partial charge in [-0.15, -0.1) is 0 Å². The van der Waals surface area contributed by atoms with Crippen LogP contribution in [0, 0.1) is 0 Å². The SMILES string of the molecule is CCC(=O)NCCCC[N+](C)(C)c1ccc(Cl)c(Cl)c1. The molecular formula is C15H23Cl2N2O+. The van der Waals surface area contributed by atoms with Crippen molar-refractivity contribution >= 4 is 34.8 Å². The van der Waals surface area contributed by atoms with Crippen LogP contribution < -0.4 is 9.80 Å². The summed E-state index contributed by atoms with van der Waals surface area (Å²) in [6, 6.07) is 5.76. The third-order valence-corrected chi connectivity index (χ3v) is 4.13. The molecule has 0 aromatic heterocycles. The van der Waals surface area contributed by atoms with Crippen LogP contribution in [0.5, 0.6) is 0 Å². The molecule has 1 rings (SSSR count). The van der Waals surface area contributed by atoms with Gasteiger partial charge in [-0.3, -0.25) is 9.28 Å². The van der Waals surface area contributed by atoms with Gasteiger partial charge in [0.15, 0.2) is 0 Å². The van der Waals surface area contributed by atoms with E-state index in [-0.39, 0.29) is 5.91 Å². The molecule has 0 aliphatic carbocycles. The van der Waals surface area contributed by atoms with Crippen LogP contribution in [0.4, 0.5) is 5.69 Å². The molecule has 0 atom stereocenters. The number of nitrogens with one attached hydrogen (secondary N) is 1. The highest BCUT2D eigenvalue weighted by Crippen LogP contribution is 2.29. The lowest BCUT2D eigenvalue weighted by Crippen LogP contribution is -2.41. The van der Waals surface area contributed by atoms with Crippen LogP contribution in [0.15, 0.2) is 18.2 Å². The number of halogens is 2. The maximum absolute atomic E-state index is 11.1. The van der Waals surface area contributed by atoms with Crippen LogP contribution in [0.3, 0.4) is 0 Å². The number of carbonyl (C=O) groups excluding carboxylic acids is 1. The van der Waals surface area contributed by atoms with E-state index in [9.17, 15) is 4.79 Å². The normalized spacial score (nSPS) is 11.4. The van der Waals surface area contributed by atoms with Gasteiger partial charge in [0.25, 0.3) is 0 Å². The van der Waals surface area contributed by atoms with Gasteiger partial charge in [-0.2, -0.15) is 0 Å². The quantitative estimate of drug-likeness (QED) is 0.600. The first-order valence-corrected chi connectivity index (χ1v) is 7.67. The molecule has 3 nitrogen and oxygen atoms in total. The van der Waals surface area contributed by atoms with Crippen molar-refractivity contribution in [2.75, 3.05) is 27.2 Å². The van der Waals surface area contributed by atoms with E-state index >= 15 is 0 Å². The molecule has 1 N–H and O–H groups in total. The maximum atomic E-state index is 11.1. The number of hydrogen-bond donors (Lipinski definition) is 1. The molecule has 0 fully saturated rings. The largest absolute Gasteiger partial charge is 0.356 e. The van der Waals surface area contributed by atoms with Gasteiger partial charge in [-0.25, -0.2) is 0 Å². The minimum absolute atomic E-state index is 0.114. The maximum Gasteiger partial charge on any atom is 0.219 e. The van der Waals surface area contributed by atoms with Gasteiger partial charge in [0, 0.05) is 25.1 Å². The van der Waals surface area contributed by atoms with E-state index in [1.54, 1.807) is 0 Å². The Morgan fingerprint density at radius 3 is 2.50 bits per heavy atom. The van der Waals surface area contributed by atoms with Crippen LogP contribution in [-0.4, -0.2) is 33.1 Å². The van der Waals surface area contributed by atoms with Gasteiger partial charge in [-0.05, 0) is 18.9 Å². The minimum Gasteiger partial charge on any atom is -0.356 e. The lowest BCUT2D eigenvalue weighted by atomic mass is 10.2. The summed E-state index contributed by atoms with van der Waals surface area (Å²) in [6.45, 7) is 3.59. The number of carbonyl (C=O) groups is 1. The molecule has 0 saturated heterocycles. The molecule has 1 aromatic rings. The second-order valence-corrected chi connectivity index (χ2v) is 6.23. The lowest BCUT2D eigenvalue weighted by molar-refractivity contribution is -0.120. The van der Waals surface area contributed by atoms with Gasteiger partial charge in [0.05, 0.1) is 30.7 Å². The average molecular weight is 318 g/mol. The molecule has 0 unspecified atom stereocenters. The average Bonchev–Trinajstić information content (AvgIpc) is 2.40. The molecule has 1 amide bonds. The summed E-state index contributed by atoms with van der Waals surface area (Å²) in [5.41, 5.74) is 1.14. The third kappa shape index (κ3) is 5.31. The number of hydrogen-bond acceptors (Lipinski definition) is 1. The van der Waals surface area contributed by atoms with Crippen LogP contribution in [-0.2, 0) is 4.79 Å². The fourth-order valence-electron chi connectivity index (χ4n) is 1.98. The standard InChI is InChI=1S/C15H22Cl2N2O/c1-4-15(20)18-9-5-6-10-19(2,3)12-7-8-13(16)14(17)11-12/h7-8,11H,4-6,9-10H2,1-3H3/p+1. The Balaban J connectivity index is 2.44. The Labute approximate surface area is 131 Å². The summed E-state index contributed by atoms with van der Waals surface area (Å²) in [7, 11) is 4.29. The van der Waals surface area contributed by atoms with Gasteiger partial charge in [-0.1, -0.05) is 30.1 Å². The number of benzene rings is 1. The number of quaternary nitrogens is 1. The van der Waals surface area contributed by atoms with Crippen LogP contribution in [0.25, 0.3) is 0 Å². The molecule has 0 saturated carbocycles. The van der Waals surface area contributed by atoms with Crippen molar-refractivity contribution < 1.29 is 4.79 Å². The van der Waals surface area contributed by atoms with Crippen molar-refractivity contribution in [2.24, 2.45) is 0 Å². The molecule has 0 heterocycles. The molecule has 20 heavy (non-hydrogen) atoms. The van der Waals surface area contributed by atoms with E-state index in [1.807, 2.05) is 25.1 Å². The molecular weight excluding hydrogens is 295 g/mol. The summed E-state index contributed by atoms with van der Waals surface area (Å²) in [6.07, 6.45) is 2.57. The fraction of sp³-hybridized carbons (Fsp3) is 0.533. The van der Waals surface area contributed by atoms with E-state index in [1.165, 1.54) is 0 Å². The zero-order chi connectivity index (χ0) is 15.2. The van der Waals surface area contributed by atoms with Gasteiger partial charge in [0.1, 0.15) is 5.69 Å². The number of nitrogens with zero attached hydrogens (tertiary/aromatic N) is 1. The Kier molecular flexibility index (Phi) is 6.80. The number of amides is 1. The Morgan fingerprint density at radius 1 is 1.20 bits per heavy atom. The monoisotopic (exact) mass is 317 g/mol. The van der Waals surface area contributed by atoms with E-state index in [0.29, 0.717) is 16.5 Å². The van der Waals surface area contributed by atoms with E-state index in [2.05, 4.69) is 19.4 Å². The van der Waals surface area contributed by atoms with Crippen molar-refractivity contribution in [1.29, 1.82) is 0 Å². The number of unbranched alkanes of at least 4 members (excludes halogenated alkanes) is 1. The van der Waals surface area contributed by atoms with Crippen LogP contribution >= 0.6 is 23.2 Å². The predicted molar refractivity (Wildman–Crippen MR) is 87.5 cm³/mol. The topological polar surface area (TPSA) is 29.1 Å². The van der Waals surface area contributed by atoms with Crippen molar-refractivity contribution in [3.8, 4) is 0 Å². The van der Waals surface area contributed by atoms with E-state index < -0.39 is 0 Å². The molecule has 1 aromatic carbocycles. The zero-order valence-corrected chi connectivity index (χ0v) is 13.9. The Hall–Kier alpha value is -0.770. The van der Waals surface area contributed by atoms with E-state index in [0.717, 1.165) is 36.1 Å². The first-order valence-electron chi connectivity index (χ1n) is 6.92. The molecule has 5 heteroatoms. The zero-order valence-electron chi connectivity index (χ0n) is 12.4. The second-order valence-electron chi connectivity index (χ2n) is 5.42. The van der Waals surface area contributed by atoms with Crippen molar-refractivity contribution in [3.05, 3.63) is 28.2 Å². The lowest BCUT2D eigenvalue weighted by Gasteiger charge is -2.29. The molecule has 0 spiro atoms. The Morgan fingerprint density at radius 2 is 1.90 bits per heavy atom.